The molecule has 1 aromatic heterocycles. The Labute approximate surface area is 106 Å². The molecule has 94 valence electrons. The molecule has 0 aliphatic heterocycles. The van der Waals surface area contributed by atoms with Gasteiger partial charge in [0.2, 0.25) is 5.95 Å². The van der Waals surface area contributed by atoms with Gasteiger partial charge in [-0.1, -0.05) is 11.6 Å². The number of aromatic nitrogens is 2. The van der Waals surface area contributed by atoms with Crippen LogP contribution in [0.25, 0.3) is 0 Å². The van der Waals surface area contributed by atoms with Crippen molar-refractivity contribution in [1.82, 2.24) is 9.97 Å². The highest BCUT2D eigenvalue weighted by Gasteiger charge is 2.09. The third-order valence-corrected chi connectivity index (χ3v) is 2.33. The average Bonchev–Trinajstić information content (AvgIpc) is 2.36. The Bertz CT molecular complexity index is 578. The average molecular weight is 272 g/mol. The number of halogens is 3. The van der Waals surface area contributed by atoms with Crippen LogP contribution in [0.5, 0.6) is 0 Å². The van der Waals surface area contributed by atoms with Crippen molar-refractivity contribution in [3.8, 4) is 0 Å². The summed E-state index contributed by atoms with van der Waals surface area (Å²) in [5, 5.41) is 2.71. The Kier molecular flexibility index (Phi) is 3.54. The van der Waals surface area contributed by atoms with E-state index in [1.54, 1.807) is 0 Å². The molecular weight excluding hydrogens is 264 g/mol. The molecule has 5 nitrogen and oxygen atoms in total. The normalized spacial score (nSPS) is 10.2. The Hall–Kier alpha value is -1.99. The van der Waals surface area contributed by atoms with Crippen molar-refractivity contribution in [1.29, 1.82) is 0 Å². The van der Waals surface area contributed by atoms with Gasteiger partial charge >= 0.3 is 0 Å². The van der Waals surface area contributed by atoms with Crippen molar-refractivity contribution in [2.75, 3.05) is 10.7 Å². The summed E-state index contributed by atoms with van der Waals surface area (Å²) in [5.74, 6) is 4.13. The maximum atomic E-state index is 13.4. The first-order valence-electron chi connectivity index (χ1n) is 4.81. The van der Waals surface area contributed by atoms with Crippen molar-refractivity contribution in [2.24, 2.45) is 5.84 Å². The van der Waals surface area contributed by atoms with Crippen molar-refractivity contribution in [3.05, 3.63) is 41.1 Å². The van der Waals surface area contributed by atoms with Gasteiger partial charge in [0.25, 0.3) is 0 Å². The highest BCUT2D eigenvalue weighted by atomic mass is 35.5. The molecule has 0 fully saturated rings. The summed E-state index contributed by atoms with van der Waals surface area (Å²) >= 11 is 5.82. The molecule has 0 amide bonds. The predicted molar refractivity (Wildman–Crippen MR) is 64.5 cm³/mol. The van der Waals surface area contributed by atoms with Crippen LogP contribution in [0.1, 0.15) is 0 Å². The van der Waals surface area contributed by atoms with Crippen LogP contribution in [0.15, 0.2) is 24.4 Å². The second-order valence-corrected chi connectivity index (χ2v) is 3.69. The first kappa shape index (κ1) is 12.5. The predicted octanol–water partition coefficient (Wildman–Crippen LogP) is 2.44. The zero-order chi connectivity index (χ0) is 13.1. The summed E-state index contributed by atoms with van der Waals surface area (Å²) in [7, 11) is 0. The standard InChI is InChI=1S/C10H8ClF2N5/c11-6-4-15-10(18-14)17-9(6)16-8-3-5(12)1-2-7(8)13/h1-4H,14H2,(H2,15,16,17,18). The highest BCUT2D eigenvalue weighted by molar-refractivity contribution is 6.32. The van der Waals surface area contributed by atoms with Gasteiger partial charge in [-0.2, -0.15) is 4.98 Å². The Morgan fingerprint density at radius 1 is 1.28 bits per heavy atom. The van der Waals surface area contributed by atoms with Gasteiger partial charge in [0.15, 0.2) is 5.82 Å². The summed E-state index contributed by atoms with van der Waals surface area (Å²) in [6, 6.07) is 2.99. The Morgan fingerprint density at radius 3 is 2.78 bits per heavy atom. The molecule has 2 rings (SSSR count). The van der Waals surface area contributed by atoms with Crippen LogP contribution in [0.4, 0.5) is 26.2 Å². The largest absolute Gasteiger partial charge is 0.336 e. The fraction of sp³-hybridized carbons (Fsp3) is 0. The maximum Gasteiger partial charge on any atom is 0.239 e. The second kappa shape index (κ2) is 5.11. The van der Waals surface area contributed by atoms with Crippen LogP contribution in [-0.4, -0.2) is 9.97 Å². The number of nitrogens with zero attached hydrogens (tertiary/aromatic N) is 2. The van der Waals surface area contributed by atoms with Crippen molar-refractivity contribution in [3.63, 3.8) is 0 Å². The van der Waals surface area contributed by atoms with E-state index in [4.69, 9.17) is 17.4 Å². The third-order valence-electron chi connectivity index (χ3n) is 2.05. The first-order valence-corrected chi connectivity index (χ1v) is 5.19. The molecule has 0 aliphatic rings. The van der Waals surface area contributed by atoms with Gasteiger partial charge in [-0.3, -0.25) is 5.43 Å². The second-order valence-electron chi connectivity index (χ2n) is 3.28. The van der Waals surface area contributed by atoms with E-state index >= 15 is 0 Å². The van der Waals surface area contributed by atoms with Crippen molar-refractivity contribution >= 4 is 29.1 Å². The van der Waals surface area contributed by atoms with E-state index in [2.05, 4.69) is 20.7 Å². The molecule has 0 aliphatic carbocycles. The highest BCUT2D eigenvalue weighted by Crippen LogP contribution is 2.25. The van der Waals surface area contributed by atoms with Gasteiger partial charge in [0.1, 0.15) is 16.7 Å². The molecule has 0 bridgehead atoms. The van der Waals surface area contributed by atoms with E-state index in [0.717, 1.165) is 18.2 Å². The first-order chi connectivity index (χ1) is 8.60. The van der Waals surface area contributed by atoms with Gasteiger partial charge < -0.3 is 5.32 Å². The lowest BCUT2D eigenvalue weighted by Crippen LogP contribution is -2.11. The zero-order valence-electron chi connectivity index (χ0n) is 8.92. The molecule has 18 heavy (non-hydrogen) atoms. The molecular formula is C10H8ClF2N5. The van der Waals surface area contributed by atoms with E-state index in [-0.39, 0.29) is 22.5 Å². The number of benzene rings is 1. The monoisotopic (exact) mass is 271 g/mol. The minimum Gasteiger partial charge on any atom is -0.336 e. The molecule has 4 N–H and O–H groups in total. The molecule has 0 saturated carbocycles. The zero-order valence-corrected chi connectivity index (χ0v) is 9.67. The topological polar surface area (TPSA) is 75.9 Å². The number of hydrogen-bond acceptors (Lipinski definition) is 5. The van der Waals surface area contributed by atoms with Crippen LogP contribution in [0.2, 0.25) is 5.02 Å². The summed E-state index contributed by atoms with van der Waals surface area (Å²) in [6.45, 7) is 0. The summed E-state index contributed by atoms with van der Waals surface area (Å²) in [4.78, 5) is 7.63. The number of nitrogens with one attached hydrogen (secondary N) is 2. The van der Waals surface area contributed by atoms with Crippen LogP contribution in [-0.2, 0) is 0 Å². The van der Waals surface area contributed by atoms with Gasteiger partial charge in [-0.05, 0) is 12.1 Å². The number of hydrazine groups is 1. The Morgan fingerprint density at radius 2 is 2.06 bits per heavy atom. The summed E-state index contributed by atoms with van der Waals surface area (Å²) in [5.41, 5.74) is 2.13. The summed E-state index contributed by atoms with van der Waals surface area (Å²) in [6.07, 6.45) is 1.28. The van der Waals surface area contributed by atoms with E-state index in [1.165, 1.54) is 6.20 Å². The molecule has 0 unspecified atom stereocenters. The molecule has 0 spiro atoms. The Balaban J connectivity index is 2.36. The quantitative estimate of drug-likeness (QED) is 0.590. The number of nitrogens with two attached hydrogens (primary N) is 1. The van der Waals surface area contributed by atoms with E-state index in [9.17, 15) is 8.78 Å². The van der Waals surface area contributed by atoms with Crippen LogP contribution in [0.3, 0.4) is 0 Å². The van der Waals surface area contributed by atoms with Crippen molar-refractivity contribution < 1.29 is 8.78 Å². The smallest absolute Gasteiger partial charge is 0.239 e. The van der Waals surface area contributed by atoms with E-state index < -0.39 is 11.6 Å². The number of hydrogen-bond donors (Lipinski definition) is 3. The van der Waals surface area contributed by atoms with Gasteiger partial charge in [0.05, 0.1) is 11.9 Å². The van der Waals surface area contributed by atoms with Crippen LogP contribution in [0, 0.1) is 11.6 Å². The summed E-state index contributed by atoms with van der Waals surface area (Å²) < 4.78 is 26.4. The SMILES string of the molecule is NNc1ncc(Cl)c(Nc2cc(F)ccc2F)n1. The maximum absolute atomic E-state index is 13.4. The van der Waals surface area contributed by atoms with Gasteiger partial charge in [0, 0.05) is 6.07 Å². The lowest BCUT2D eigenvalue weighted by Gasteiger charge is -2.09. The molecule has 2 aromatic rings. The number of anilines is 3. The fourth-order valence-electron chi connectivity index (χ4n) is 1.25. The molecule has 0 radical (unpaired) electrons. The van der Waals surface area contributed by atoms with Crippen LogP contribution >= 0.6 is 11.6 Å². The molecule has 0 saturated heterocycles. The minimum absolute atomic E-state index is 0.0847. The lowest BCUT2D eigenvalue weighted by molar-refractivity contribution is 0.603. The molecule has 0 atom stereocenters. The lowest BCUT2D eigenvalue weighted by atomic mass is 10.3. The fourth-order valence-corrected chi connectivity index (χ4v) is 1.38. The third kappa shape index (κ3) is 2.63. The molecule has 1 heterocycles. The van der Waals surface area contributed by atoms with Crippen LogP contribution < -0.4 is 16.6 Å². The number of rotatable bonds is 3. The van der Waals surface area contributed by atoms with E-state index in [0.29, 0.717) is 0 Å². The number of nitrogen functional groups attached to an aromatic ring is 1. The minimum atomic E-state index is -0.631. The van der Waals surface area contributed by atoms with Gasteiger partial charge in [-0.25, -0.2) is 19.6 Å². The van der Waals surface area contributed by atoms with Gasteiger partial charge in [-0.15, -0.1) is 0 Å². The molecule has 1 aromatic carbocycles. The van der Waals surface area contributed by atoms with Crippen molar-refractivity contribution in [2.45, 2.75) is 0 Å². The van der Waals surface area contributed by atoms with E-state index in [1.807, 2.05) is 0 Å². The molecule has 8 heteroatoms.